The summed E-state index contributed by atoms with van der Waals surface area (Å²) in [5.41, 5.74) is 1.82. The number of anilines is 1. The Morgan fingerprint density at radius 1 is 0.875 bits per heavy atom. The highest BCUT2D eigenvalue weighted by molar-refractivity contribution is 5.99. The average Bonchev–Trinajstić information content (AvgIpc) is 3.58. The van der Waals surface area contributed by atoms with E-state index in [1.807, 2.05) is 24.8 Å². The number of rotatable bonds is 8. The van der Waals surface area contributed by atoms with Gasteiger partial charge in [0.15, 0.2) is 11.6 Å². The Balaban J connectivity index is 1.08. The van der Waals surface area contributed by atoms with E-state index >= 15 is 0 Å². The van der Waals surface area contributed by atoms with Crippen LogP contribution >= 0.6 is 0 Å². The van der Waals surface area contributed by atoms with E-state index < -0.39 is 17.5 Å². The first-order valence-electron chi connectivity index (χ1n) is 16.5. The number of halogens is 3. The van der Waals surface area contributed by atoms with Crippen molar-refractivity contribution in [2.24, 2.45) is 0 Å². The fourth-order valence-corrected chi connectivity index (χ4v) is 6.72. The number of aromatic nitrogens is 5. The maximum Gasteiger partial charge on any atom is 0.254 e. The van der Waals surface area contributed by atoms with Crippen LogP contribution in [0, 0.1) is 31.3 Å². The molecule has 252 valence electrons. The second-order valence-corrected chi connectivity index (χ2v) is 12.6. The van der Waals surface area contributed by atoms with E-state index in [-0.39, 0.29) is 35.2 Å². The van der Waals surface area contributed by atoms with Gasteiger partial charge in [0.05, 0.1) is 12.2 Å². The maximum atomic E-state index is 14.3. The van der Waals surface area contributed by atoms with Crippen molar-refractivity contribution in [3.63, 3.8) is 0 Å². The molecule has 2 saturated heterocycles. The van der Waals surface area contributed by atoms with Crippen LogP contribution in [0.5, 0.6) is 0 Å². The number of carbonyl (C=O) groups is 2. The minimum Gasteiger partial charge on any atom is -0.356 e. The van der Waals surface area contributed by atoms with Crippen LogP contribution in [0.4, 0.5) is 19.0 Å². The highest BCUT2D eigenvalue weighted by Crippen LogP contribution is 2.28. The topological polar surface area (TPSA) is 100 Å². The van der Waals surface area contributed by atoms with Gasteiger partial charge in [0.2, 0.25) is 0 Å². The molecule has 0 saturated carbocycles. The molecular formula is C35H39F3N8O2. The lowest BCUT2D eigenvalue weighted by atomic mass is 10.00. The largest absolute Gasteiger partial charge is 0.356 e. The smallest absolute Gasteiger partial charge is 0.254 e. The summed E-state index contributed by atoms with van der Waals surface area (Å²) in [7, 11) is 0. The number of aryl methyl sites for hydroxylation is 2. The third-order valence-electron chi connectivity index (χ3n) is 9.19. The Labute approximate surface area is 277 Å². The maximum absolute atomic E-state index is 14.3. The average molecular weight is 661 g/mol. The van der Waals surface area contributed by atoms with E-state index in [4.69, 9.17) is 0 Å². The monoisotopic (exact) mass is 660 g/mol. The first-order chi connectivity index (χ1) is 23.1. The van der Waals surface area contributed by atoms with E-state index in [9.17, 15) is 22.8 Å². The summed E-state index contributed by atoms with van der Waals surface area (Å²) in [6.07, 6.45) is 5.13. The van der Waals surface area contributed by atoms with Crippen LogP contribution < -0.4 is 4.90 Å². The summed E-state index contributed by atoms with van der Waals surface area (Å²) in [6, 6.07) is 10.2. The second-order valence-electron chi connectivity index (χ2n) is 12.6. The standard InChI is InChI=1S/C35H39F3N8O2/c1-4-12-45(26-8-13-43(14-9-26)33-17-22(2)39-23(3)40-33)35(48)25-7-5-6-24(18-25)34(47)44-15-10-27(11-16-44)46-21-32(41-42-46)28-19-30(37)31(38)20-29(28)36/h5-7,17-21,26-27H,4,8-16H2,1-3H3. The number of carbonyl (C=O) groups excluding carboxylic acids is 2. The quantitative estimate of drug-likeness (QED) is 0.221. The van der Waals surface area contributed by atoms with Gasteiger partial charge >= 0.3 is 0 Å². The van der Waals surface area contributed by atoms with Crippen molar-refractivity contribution in [2.75, 3.05) is 37.6 Å². The van der Waals surface area contributed by atoms with E-state index in [0.717, 1.165) is 55.8 Å². The summed E-state index contributed by atoms with van der Waals surface area (Å²) in [4.78, 5) is 42.4. The lowest BCUT2D eigenvalue weighted by Gasteiger charge is -2.39. The van der Waals surface area contributed by atoms with Gasteiger partial charge in [0, 0.05) is 73.3 Å². The molecule has 0 aliphatic carbocycles. The van der Waals surface area contributed by atoms with Gasteiger partial charge in [-0.05, 0) is 70.2 Å². The molecule has 0 spiro atoms. The molecule has 10 nitrogen and oxygen atoms in total. The summed E-state index contributed by atoms with van der Waals surface area (Å²) >= 11 is 0. The molecule has 0 atom stereocenters. The SMILES string of the molecule is CCCN(C(=O)c1cccc(C(=O)N2CCC(n3cc(-c4cc(F)c(F)cc4F)nn3)CC2)c1)C1CCN(c2cc(C)nc(C)n2)CC1. The van der Waals surface area contributed by atoms with Crippen LogP contribution in [0.25, 0.3) is 11.3 Å². The zero-order valence-electron chi connectivity index (χ0n) is 27.4. The van der Waals surface area contributed by atoms with Crippen molar-refractivity contribution >= 4 is 17.6 Å². The van der Waals surface area contributed by atoms with Crippen molar-refractivity contribution in [1.82, 2.24) is 34.8 Å². The summed E-state index contributed by atoms with van der Waals surface area (Å²) < 4.78 is 42.9. The van der Waals surface area contributed by atoms with Gasteiger partial charge < -0.3 is 14.7 Å². The molecule has 13 heteroatoms. The Morgan fingerprint density at radius 3 is 2.29 bits per heavy atom. The third kappa shape index (κ3) is 7.04. The predicted octanol–water partition coefficient (Wildman–Crippen LogP) is 5.77. The minimum absolute atomic E-state index is 0.0724. The predicted molar refractivity (Wildman–Crippen MR) is 174 cm³/mol. The molecule has 4 aromatic rings. The molecule has 6 rings (SSSR count). The van der Waals surface area contributed by atoms with Gasteiger partial charge in [-0.2, -0.15) is 0 Å². The molecule has 48 heavy (non-hydrogen) atoms. The van der Waals surface area contributed by atoms with Gasteiger partial charge in [0.1, 0.15) is 23.2 Å². The minimum atomic E-state index is -1.27. The van der Waals surface area contributed by atoms with Crippen LogP contribution in [0.1, 0.15) is 77.3 Å². The third-order valence-corrected chi connectivity index (χ3v) is 9.19. The molecular weight excluding hydrogens is 621 g/mol. The van der Waals surface area contributed by atoms with Crippen molar-refractivity contribution < 1.29 is 22.8 Å². The normalized spacial score (nSPS) is 16.0. The van der Waals surface area contributed by atoms with Crippen LogP contribution in [-0.2, 0) is 0 Å². The molecule has 2 aliphatic rings. The van der Waals surface area contributed by atoms with Crippen molar-refractivity contribution in [3.8, 4) is 11.3 Å². The number of piperidine rings is 2. The Hall–Kier alpha value is -4.81. The van der Waals surface area contributed by atoms with Crippen molar-refractivity contribution in [3.05, 3.63) is 88.8 Å². The molecule has 2 aromatic heterocycles. The van der Waals surface area contributed by atoms with Gasteiger partial charge in [0.25, 0.3) is 11.8 Å². The van der Waals surface area contributed by atoms with Gasteiger partial charge in [-0.25, -0.2) is 27.8 Å². The molecule has 0 bridgehead atoms. The van der Waals surface area contributed by atoms with Crippen molar-refractivity contribution in [1.29, 1.82) is 0 Å². The van der Waals surface area contributed by atoms with E-state index in [2.05, 4.69) is 32.1 Å². The fraction of sp³-hybridized carbons (Fsp3) is 0.429. The highest BCUT2D eigenvalue weighted by atomic mass is 19.2. The molecule has 0 unspecified atom stereocenters. The molecule has 2 fully saturated rings. The van der Waals surface area contributed by atoms with E-state index in [1.165, 1.54) is 6.20 Å². The summed E-state index contributed by atoms with van der Waals surface area (Å²) in [6.45, 7) is 9.03. The van der Waals surface area contributed by atoms with Gasteiger partial charge in [-0.3, -0.25) is 9.59 Å². The van der Waals surface area contributed by atoms with Gasteiger partial charge in [-0.1, -0.05) is 18.2 Å². The molecule has 0 radical (unpaired) electrons. The first kappa shape index (κ1) is 33.1. The van der Waals surface area contributed by atoms with E-state index in [1.54, 1.807) is 33.8 Å². The van der Waals surface area contributed by atoms with Crippen LogP contribution in [0.3, 0.4) is 0 Å². The van der Waals surface area contributed by atoms with Crippen molar-refractivity contribution in [2.45, 2.75) is 65.0 Å². The molecule has 4 heterocycles. The van der Waals surface area contributed by atoms with Gasteiger partial charge in [-0.15, -0.1) is 5.10 Å². The zero-order chi connectivity index (χ0) is 33.9. The molecule has 2 amide bonds. The molecule has 0 N–H and O–H groups in total. The van der Waals surface area contributed by atoms with Crippen LogP contribution in [0.15, 0.2) is 48.7 Å². The second kappa shape index (κ2) is 14.1. The molecule has 2 aromatic carbocycles. The number of benzene rings is 2. The Bertz CT molecular complexity index is 1780. The highest BCUT2D eigenvalue weighted by Gasteiger charge is 2.30. The molecule has 2 aliphatic heterocycles. The zero-order valence-corrected chi connectivity index (χ0v) is 27.4. The first-order valence-corrected chi connectivity index (χ1v) is 16.5. The number of hydrogen-bond acceptors (Lipinski definition) is 7. The summed E-state index contributed by atoms with van der Waals surface area (Å²) in [5, 5.41) is 8.06. The fourth-order valence-electron chi connectivity index (χ4n) is 6.72. The summed E-state index contributed by atoms with van der Waals surface area (Å²) in [5.74, 6) is -1.91. The number of amides is 2. The number of nitrogens with zero attached hydrogens (tertiary/aromatic N) is 8. The Morgan fingerprint density at radius 2 is 1.58 bits per heavy atom. The van der Waals surface area contributed by atoms with E-state index in [0.29, 0.717) is 49.7 Å². The number of likely N-dealkylation sites (tertiary alicyclic amines) is 1. The Kier molecular flexibility index (Phi) is 9.74. The van der Waals surface area contributed by atoms with Crippen LogP contribution in [0.2, 0.25) is 0 Å². The van der Waals surface area contributed by atoms with Crippen LogP contribution in [-0.4, -0.2) is 85.3 Å². The lowest BCUT2D eigenvalue weighted by Crippen LogP contribution is -2.48. The lowest BCUT2D eigenvalue weighted by molar-refractivity contribution is 0.0649. The number of hydrogen-bond donors (Lipinski definition) is 0.